The predicted octanol–water partition coefficient (Wildman–Crippen LogP) is 3.95. The molecule has 0 spiro atoms. The minimum Gasteiger partial charge on any atom is -0.494 e. The van der Waals surface area contributed by atoms with E-state index in [1.807, 2.05) is 26.1 Å². The molecular weight excluding hydrogens is 566 g/mol. The van der Waals surface area contributed by atoms with E-state index < -0.39 is 5.91 Å². The molecule has 4 heterocycles. The van der Waals surface area contributed by atoms with Crippen LogP contribution in [0.25, 0.3) is 11.5 Å². The second-order valence-corrected chi connectivity index (χ2v) is 9.70. The van der Waals surface area contributed by atoms with Gasteiger partial charge < -0.3 is 30.8 Å². The lowest BCUT2D eigenvalue weighted by Gasteiger charge is -2.15. The first-order valence-electron chi connectivity index (χ1n) is 13.3. The van der Waals surface area contributed by atoms with Gasteiger partial charge in [-0.2, -0.15) is 15.3 Å². The van der Waals surface area contributed by atoms with Crippen LogP contribution in [0.2, 0.25) is 0 Å². The van der Waals surface area contributed by atoms with Crippen molar-refractivity contribution in [2.24, 2.45) is 5.73 Å². The molecule has 0 aliphatic carbocycles. The summed E-state index contributed by atoms with van der Waals surface area (Å²) < 4.78 is 13.1. The summed E-state index contributed by atoms with van der Waals surface area (Å²) in [4.78, 5) is 41.8. The van der Waals surface area contributed by atoms with Crippen LogP contribution in [0.5, 0.6) is 5.75 Å². The molecule has 0 radical (unpaired) electrons. The highest BCUT2D eigenvalue weighted by Crippen LogP contribution is 2.38. The normalized spacial score (nSPS) is 10.7. The number of nitriles is 1. The number of pyridine rings is 1. The van der Waals surface area contributed by atoms with Crippen molar-refractivity contribution in [3.05, 3.63) is 78.3 Å². The monoisotopic (exact) mass is 593 g/mol. The van der Waals surface area contributed by atoms with Crippen LogP contribution in [-0.4, -0.2) is 48.6 Å². The molecule has 4 aromatic heterocycles. The zero-order valence-corrected chi connectivity index (χ0v) is 23.9. The fraction of sp³-hybridized carbons (Fsp3) is 0.172. The quantitative estimate of drug-likeness (QED) is 0.171. The largest absolute Gasteiger partial charge is 0.494 e. The van der Waals surface area contributed by atoms with Crippen LogP contribution >= 0.6 is 0 Å². The van der Waals surface area contributed by atoms with Crippen LogP contribution in [-0.2, 0) is 11.2 Å². The van der Waals surface area contributed by atoms with Crippen molar-refractivity contribution in [3.8, 4) is 23.3 Å². The Bertz CT molecular complexity index is 1870. The second kappa shape index (κ2) is 12.7. The zero-order chi connectivity index (χ0) is 31.2. The first kappa shape index (κ1) is 29.2. The van der Waals surface area contributed by atoms with Crippen LogP contribution in [0.15, 0.2) is 65.9 Å². The number of anilines is 5. The molecule has 5 aromatic rings. The molecule has 0 fully saturated rings. The number of carbonyl (C=O) groups is 2. The molecule has 222 valence electrons. The highest BCUT2D eigenvalue weighted by molar-refractivity contribution is 5.98. The number of aromatic nitrogens is 6. The molecule has 0 atom stereocenters. The molecule has 0 bridgehead atoms. The summed E-state index contributed by atoms with van der Waals surface area (Å²) in [6.45, 7) is 4.01. The van der Waals surface area contributed by atoms with Crippen molar-refractivity contribution in [3.63, 3.8) is 0 Å². The fourth-order valence-corrected chi connectivity index (χ4v) is 4.13. The Balaban J connectivity index is 1.37. The SMILES string of the molecule is COc1c(Nc2nc(Nc3cnn(C(C)C)c3)ncc2C(N)=O)cccc1-c1nc(CC(=O)Nc2cncc(C#N)c2)co1. The zero-order valence-electron chi connectivity index (χ0n) is 23.9. The van der Waals surface area contributed by atoms with Crippen LogP contribution < -0.4 is 26.4 Å². The maximum Gasteiger partial charge on any atom is 0.254 e. The Morgan fingerprint density at radius 2 is 1.98 bits per heavy atom. The lowest BCUT2D eigenvalue weighted by atomic mass is 10.1. The number of primary amides is 1. The number of rotatable bonds is 11. The maximum atomic E-state index is 12.6. The van der Waals surface area contributed by atoms with Gasteiger partial charge in [0.25, 0.3) is 5.91 Å². The van der Waals surface area contributed by atoms with Gasteiger partial charge in [-0.25, -0.2) is 9.97 Å². The van der Waals surface area contributed by atoms with Crippen molar-refractivity contribution in [1.82, 2.24) is 29.7 Å². The number of para-hydroxylation sites is 1. The lowest BCUT2D eigenvalue weighted by Crippen LogP contribution is -2.16. The average molecular weight is 594 g/mol. The number of hydrogen-bond acceptors (Lipinski definition) is 12. The van der Waals surface area contributed by atoms with Crippen molar-refractivity contribution in [2.45, 2.75) is 26.3 Å². The minimum absolute atomic E-state index is 0.0563. The lowest BCUT2D eigenvalue weighted by molar-refractivity contribution is -0.115. The molecule has 0 aliphatic heterocycles. The highest BCUT2D eigenvalue weighted by atomic mass is 16.5. The molecule has 0 saturated heterocycles. The molecule has 15 heteroatoms. The van der Waals surface area contributed by atoms with Gasteiger partial charge in [-0.3, -0.25) is 19.3 Å². The second-order valence-electron chi connectivity index (χ2n) is 9.70. The number of oxazole rings is 1. The minimum atomic E-state index is -0.729. The average Bonchev–Trinajstić information content (AvgIpc) is 3.67. The maximum absolute atomic E-state index is 12.6. The van der Waals surface area contributed by atoms with E-state index in [2.05, 4.69) is 41.0 Å². The summed E-state index contributed by atoms with van der Waals surface area (Å²) in [5, 5.41) is 22.2. The van der Waals surface area contributed by atoms with Crippen LogP contribution in [0.3, 0.4) is 0 Å². The Labute approximate surface area is 251 Å². The standard InChI is InChI=1S/C29H27N11O4/c1-16(2)40-14-20(12-34-40)37-29-33-13-22(26(31)42)27(39-29)38-23-6-4-5-21(25(23)43-3)28-36-19(15-44-28)8-24(41)35-18-7-17(9-30)10-32-11-18/h4-7,10-16H,8H2,1-3H3,(H2,31,42)(H,35,41)(H2,33,37,38,39). The number of ether oxygens (including phenoxy) is 1. The van der Waals surface area contributed by atoms with Crippen molar-refractivity contribution < 1.29 is 18.7 Å². The van der Waals surface area contributed by atoms with Gasteiger partial charge in [0.2, 0.25) is 17.7 Å². The third kappa shape index (κ3) is 6.60. The van der Waals surface area contributed by atoms with E-state index in [1.54, 1.807) is 29.1 Å². The number of methoxy groups -OCH3 is 1. The van der Waals surface area contributed by atoms with Gasteiger partial charge in [0.1, 0.15) is 23.7 Å². The summed E-state index contributed by atoms with van der Waals surface area (Å²) in [6.07, 6.45) is 8.89. The third-order valence-electron chi connectivity index (χ3n) is 6.19. The van der Waals surface area contributed by atoms with E-state index in [4.69, 9.17) is 20.1 Å². The van der Waals surface area contributed by atoms with E-state index >= 15 is 0 Å². The smallest absolute Gasteiger partial charge is 0.254 e. The topological polar surface area (TPSA) is 212 Å². The van der Waals surface area contributed by atoms with Gasteiger partial charge >= 0.3 is 0 Å². The Morgan fingerprint density at radius 3 is 2.70 bits per heavy atom. The Morgan fingerprint density at radius 1 is 1.14 bits per heavy atom. The van der Waals surface area contributed by atoms with Gasteiger partial charge in [-0.15, -0.1) is 0 Å². The van der Waals surface area contributed by atoms with Crippen molar-refractivity contribution >= 4 is 40.6 Å². The summed E-state index contributed by atoms with van der Waals surface area (Å²) in [6, 6.07) is 8.84. The van der Waals surface area contributed by atoms with Crippen LogP contribution in [0.1, 0.15) is 41.5 Å². The molecule has 0 aliphatic rings. The van der Waals surface area contributed by atoms with E-state index in [1.165, 1.54) is 38.0 Å². The van der Waals surface area contributed by atoms with Crippen LogP contribution in [0, 0.1) is 11.3 Å². The third-order valence-corrected chi connectivity index (χ3v) is 6.19. The van der Waals surface area contributed by atoms with Gasteiger partial charge in [0.15, 0.2) is 5.75 Å². The van der Waals surface area contributed by atoms with E-state index in [-0.39, 0.29) is 41.6 Å². The Hall–Kier alpha value is -6.30. The molecule has 0 unspecified atom stereocenters. The first-order valence-corrected chi connectivity index (χ1v) is 13.3. The van der Waals surface area contributed by atoms with Crippen molar-refractivity contribution in [2.75, 3.05) is 23.1 Å². The number of nitrogens with two attached hydrogens (primary N) is 1. The molecule has 44 heavy (non-hydrogen) atoms. The molecule has 5 rings (SSSR count). The van der Waals surface area contributed by atoms with Crippen LogP contribution in [0.4, 0.5) is 28.8 Å². The number of nitrogens with zero attached hydrogens (tertiary/aromatic N) is 7. The van der Waals surface area contributed by atoms with Gasteiger partial charge in [0, 0.05) is 24.6 Å². The van der Waals surface area contributed by atoms with E-state index in [0.29, 0.717) is 39.6 Å². The number of nitrogens with one attached hydrogen (secondary N) is 3. The summed E-state index contributed by atoms with van der Waals surface area (Å²) >= 11 is 0. The molecular formula is C29H27N11O4. The number of carbonyl (C=O) groups excluding carboxylic acids is 2. The molecule has 2 amide bonds. The Kier molecular flexibility index (Phi) is 8.43. The summed E-state index contributed by atoms with van der Waals surface area (Å²) in [7, 11) is 1.47. The summed E-state index contributed by atoms with van der Waals surface area (Å²) in [5.74, 6) is -0.209. The fourth-order valence-electron chi connectivity index (χ4n) is 4.13. The van der Waals surface area contributed by atoms with Gasteiger partial charge in [-0.05, 0) is 32.0 Å². The highest BCUT2D eigenvalue weighted by Gasteiger charge is 2.20. The number of hydrogen-bond donors (Lipinski definition) is 4. The van der Waals surface area contributed by atoms with Gasteiger partial charge in [-0.1, -0.05) is 6.07 Å². The van der Waals surface area contributed by atoms with Crippen molar-refractivity contribution in [1.29, 1.82) is 5.26 Å². The summed E-state index contributed by atoms with van der Waals surface area (Å²) in [5.41, 5.74) is 8.32. The predicted molar refractivity (Wildman–Crippen MR) is 160 cm³/mol. The molecule has 1 aromatic carbocycles. The molecule has 0 saturated carbocycles. The molecule has 5 N–H and O–H groups in total. The van der Waals surface area contributed by atoms with E-state index in [0.717, 1.165) is 0 Å². The molecule has 15 nitrogen and oxygen atoms in total. The number of amides is 2. The van der Waals surface area contributed by atoms with E-state index in [9.17, 15) is 9.59 Å². The number of benzene rings is 1. The first-order chi connectivity index (χ1) is 21.2. The van der Waals surface area contributed by atoms with Gasteiger partial charge in [0.05, 0.1) is 59.8 Å².